The van der Waals surface area contributed by atoms with Crippen LogP contribution in [-0.2, 0) is 17.8 Å². The van der Waals surface area contributed by atoms with Crippen molar-refractivity contribution in [2.45, 2.75) is 40.2 Å². The number of hydrogen-bond donors (Lipinski definition) is 0. The van der Waals surface area contributed by atoms with E-state index >= 15 is 0 Å². The minimum Gasteiger partial charge on any atom is -0.488 e. The van der Waals surface area contributed by atoms with Crippen LogP contribution < -0.4 is 9.47 Å². The standard InChI is InChI=1S/C19H20FIO3/c1-4-13-9-12(3)15(20)10-18(13)23-11-14-16(21)7-6-8-17(14)24-19(22)5-2/h6-10H,4-5,11H2,1-3H3. The third-order valence-corrected chi connectivity index (χ3v) is 4.69. The molecule has 2 aromatic rings. The fourth-order valence-corrected chi connectivity index (χ4v) is 2.88. The number of aryl methyl sites for hydroxylation is 2. The molecule has 0 aromatic heterocycles. The quantitative estimate of drug-likeness (QED) is 0.351. The second kappa shape index (κ2) is 8.46. The molecule has 0 bridgehead atoms. The molecule has 0 saturated heterocycles. The molecular formula is C19H20FIO3. The van der Waals surface area contributed by atoms with Gasteiger partial charge in [-0.2, -0.15) is 0 Å². The summed E-state index contributed by atoms with van der Waals surface area (Å²) in [7, 11) is 0. The van der Waals surface area contributed by atoms with Gasteiger partial charge in [0.05, 0.1) is 0 Å². The molecule has 0 aliphatic heterocycles. The minimum absolute atomic E-state index is 0.209. The van der Waals surface area contributed by atoms with Crippen molar-refractivity contribution < 1.29 is 18.7 Å². The van der Waals surface area contributed by atoms with Gasteiger partial charge in [0.1, 0.15) is 23.9 Å². The first-order chi connectivity index (χ1) is 11.5. The first kappa shape index (κ1) is 18.7. The molecule has 0 amide bonds. The fourth-order valence-electron chi connectivity index (χ4n) is 2.25. The van der Waals surface area contributed by atoms with E-state index < -0.39 is 0 Å². The Bertz CT molecular complexity index is 744. The molecule has 0 heterocycles. The normalized spacial score (nSPS) is 10.5. The van der Waals surface area contributed by atoms with Gasteiger partial charge < -0.3 is 9.47 Å². The summed E-state index contributed by atoms with van der Waals surface area (Å²) in [6, 6.07) is 8.71. The highest BCUT2D eigenvalue weighted by Gasteiger charge is 2.14. The Balaban J connectivity index is 2.26. The Morgan fingerprint density at radius 1 is 1.21 bits per heavy atom. The first-order valence-electron chi connectivity index (χ1n) is 7.86. The molecule has 3 nitrogen and oxygen atoms in total. The van der Waals surface area contributed by atoms with Crippen molar-refractivity contribution in [3.05, 3.63) is 56.4 Å². The highest BCUT2D eigenvalue weighted by molar-refractivity contribution is 14.1. The summed E-state index contributed by atoms with van der Waals surface area (Å²) in [4.78, 5) is 11.6. The Hall–Kier alpha value is -1.63. The van der Waals surface area contributed by atoms with Gasteiger partial charge in [-0.15, -0.1) is 0 Å². The van der Waals surface area contributed by atoms with Gasteiger partial charge in [-0.1, -0.05) is 19.9 Å². The molecule has 0 saturated carbocycles. The summed E-state index contributed by atoms with van der Waals surface area (Å²) >= 11 is 2.17. The highest BCUT2D eigenvalue weighted by atomic mass is 127. The predicted molar refractivity (Wildman–Crippen MR) is 99.9 cm³/mol. The summed E-state index contributed by atoms with van der Waals surface area (Å²) in [6.45, 7) is 5.69. The Morgan fingerprint density at radius 2 is 1.96 bits per heavy atom. The third kappa shape index (κ3) is 4.47. The van der Waals surface area contributed by atoms with E-state index in [1.54, 1.807) is 26.0 Å². The zero-order valence-corrected chi connectivity index (χ0v) is 16.1. The molecule has 128 valence electrons. The molecular weight excluding hydrogens is 422 g/mol. The predicted octanol–water partition coefficient (Wildman–Crippen LogP) is 5.20. The SMILES string of the molecule is CCC(=O)Oc1cccc(I)c1COc1cc(F)c(C)cc1CC. The lowest BCUT2D eigenvalue weighted by Crippen LogP contribution is -2.10. The van der Waals surface area contributed by atoms with Gasteiger partial charge >= 0.3 is 5.97 Å². The lowest BCUT2D eigenvalue weighted by atomic mass is 10.1. The van der Waals surface area contributed by atoms with Crippen LogP contribution in [0.1, 0.15) is 37.0 Å². The zero-order chi connectivity index (χ0) is 17.7. The zero-order valence-electron chi connectivity index (χ0n) is 14.0. The maximum absolute atomic E-state index is 13.8. The van der Waals surface area contributed by atoms with E-state index in [0.717, 1.165) is 21.1 Å². The van der Waals surface area contributed by atoms with Crippen molar-refractivity contribution in [1.29, 1.82) is 0 Å². The molecule has 2 aromatic carbocycles. The number of rotatable bonds is 6. The van der Waals surface area contributed by atoms with Gasteiger partial charge in [0, 0.05) is 21.6 Å². The van der Waals surface area contributed by atoms with E-state index in [4.69, 9.17) is 9.47 Å². The number of esters is 1. The van der Waals surface area contributed by atoms with Crippen LogP contribution in [0.25, 0.3) is 0 Å². The molecule has 0 spiro atoms. The van der Waals surface area contributed by atoms with Gasteiger partial charge in [0.2, 0.25) is 0 Å². The largest absolute Gasteiger partial charge is 0.488 e. The first-order valence-corrected chi connectivity index (χ1v) is 8.94. The molecule has 0 N–H and O–H groups in total. The fraction of sp³-hybridized carbons (Fsp3) is 0.316. The number of carbonyl (C=O) groups excluding carboxylic acids is 1. The number of halogens is 2. The molecule has 0 aliphatic rings. The van der Waals surface area contributed by atoms with E-state index in [2.05, 4.69) is 22.6 Å². The van der Waals surface area contributed by atoms with Crippen molar-refractivity contribution in [3.8, 4) is 11.5 Å². The summed E-state index contributed by atoms with van der Waals surface area (Å²) in [5.41, 5.74) is 2.33. The minimum atomic E-state index is -0.297. The van der Waals surface area contributed by atoms with E-state index in [-0.39, 0.29) is 18.4 Å². The van der Waals surface area contributed by atoms with E-state index in [9.17, 15) is 9.18 Å². The Morgan fingerprint density at radius 3 is 2.62 bits per heavy atom. The summed E-state index contributed by atoms with van der Waals surface area (Å²) in [6.07, 6.45) is 1.05. The van der Waals surface area contributed by atoms with Crippen molar-refractivity contribution in [2.75, 3.05) is 0 Å². The summed E-state index contributed by atoms with van der Waals surface area (Å²) in [5.74, 6) is 0.420. The van der Waals surface area contributed by atoms with Crippen LogP contribution in [0.15, 0.2) is 30.3 Å². The number of ether oxygens (including phenoxy) is 2. The lowest BCUT2D eigenvalue weighted by molar-refractivity contribution is -0.134. The molecule has 0 radical (unpaired) electrons. The highest BCUT2D eigenvalue weighted by Crippen LogP contribution is 2.29. The maximum Gasteiger partial charge on any atom is 0.310 e. The van der Waals surface area contributed by atoms with Gasteiger partial charge in [-0.3, -0.25) is 4.79 Å². The topological polar surface area (TPSA) is 35.5 Å². The Kier molecular flexibility index (Phi) is 6.60. The van der Waals surface area contributed by atoms with Crippen LogP contribution in [0.2, 0.25) is 0 Å². The molecule has 2 rings (SSSR count). The van der Waals surface area contributed by atoms with E-state index in [0.29, 0.717) is 23.5 Å². The van der Waals surface area contributed by atoms with Crippen molar-refractivity contribution in [2.24, 2.45) is 0 Å². The smallest absolute Gasteiger partial charge is 0.310 e. The van der Waals surface area contributed by atoms with Gasteiger partial charge in [-0.05, 0) is 65.3 Å². The van der Waals surface area contributed by atoms with Crippen molar-refractivity contribution in [1.82, 2.24) is 0 Å². The molecule has 0 atom stereocenters. The van der Waals surface area contributed by atoms with Crippen LogP contribution in [0.5, 0.6) is 11.5 Å². The van der Waals surface area contributed by atoms with Crippen LogP contribution >= 0.6 is 22.6 Å². The van der Waals surface area contributed by atoms with Crippen LogP contribution in [0.3, 0.4) is 0 Å². The van der Waals surface area contributed by atoms with Gasteiger partial charge in [0.25, 0.3) is 0 Å². The summed E-state index contributed by atoms with van der Waals surface area (Å²) in [5, 5.41) is 0. The van der Waals surface area contributed by atoms with Gasteiger partial charge in [0.15, 0.2) is 0 Å². The van der Waals surface area contributed by atoms with Crippen molar-refractivity contribution >= 4 is 28.6 Å². The molecule has 24 heavy (non-hydrogen) atoms. The second-order valence-electron chi connectivity index (χ2n) is 5.40. The number of hydrogen-bond acceptors (Lipinski definition) is 3. The molecule has 5 heteroatoms. The van der Waals surface area contributed by atoms with Crippen LogP contribution in [0.4, 0.5) is 4.39 Å². The van der Waals surface area contributed by atoms with Crippen LogP contribution in [-0.4, -0.2) is 5.97 Å². The third-order valence-electron chi connectivity index (χ3n) is 3.68. The van der Waals surface area contributed by atoms with Gasteiger partial charge in [-0.25, -0.2) is 4.39 Å². The van der Waals surface area contributed by atoms with E-state index in [1.165, 1.54) is 6.07 Å². The molecule has 0 aliphatic carbocycles. The Labute approximate surface area is 155 Å². The lowest BCUT2D eigenvalue weighted by Gasteiger charge is -2.15. The van der Waals surface area contributed by atoms with E-state index in [1.807, 2.05) is 19.1 Å². The average Bonchev–Trinajstić information content (AvgIpc) is 2.56. The monoisotopic (exact) mass is 442 g/mol. The molecule has 0 fully saturated rings. The number of benzene rings is 2. The maximum atomic E-state index is 13.8. The van der Waals surface area contributed by atoms with Crippen molar-refractivity contribution in [3.63, 3.8) is 0 Å². The van der Waals surface area contributed by atoms with Crippen LogP contribution in [0, 0.1) is 16.3 Å². The average molecular weight is 442 g/mol. The number of carbonyl (C=O) groups is 1. The second-order valence-corrected chi connectivity index (χ2v) is 6.56. The summed E-state index contributed by atoms with van der Waals surface area (Å²) < 4.78 is 26.0. The molecule has 0 unspecified atom stereocenters.